The van der Waals surface area contributed by atoms with Gasteiger partial charge in [-0.2, -0.15) is 0 Å². The van der Waals surface area contributed by atoms with Gasteiger partial charge in [-0.3, -0.25) is 0 Å². The molecule has 2 N–H and O–H groups in total. The molecule has 0 saturated heterocycles. The molecule has 0 saturated carbocycles. The summed E-state index contributed by atoms with van der Waals surface area (Å²) in [5.41, 5.74) is 0.845. The highest BCUT2D eigenvalue weighted by molar-refractivity contribution is 6.32. The first-order chi connectivity index (χ1) is 6.65. The van der Waals surface area contributed by atoms with Gasteiger partial charge in [-0.15, -0.1) is 0 Å². The molecule has 1 rings (SSSR count). The van der Waals surface area contributed by atoms with E-state index in [0.717, 1.165) is 12.0 Å². The zero-order chi connectivity index (χ0) is 10.6. The fourth-order valence-electron chi connectivity index (χ4n) is 1.13. The Morgan fingerprint density at radius 3 is 2.86 bits per heavy atom. The predicted molar refractivity (Wildman–Crippen MR) is 59.7 cm³/mol. The number of phenolic OH excluding ortho intramolecular Hbond substituents is 1. The van der Waals surface area contributed by atoms with Gasteiger partial charge in [0.2, 0.25) is 0 Å². The van der Waals surface area contributed by atoms with Crippen LogP contribution in [0.25, 0.3) is 0 Å². The molecule has 1 atom stereocenters. The molecule has 1 aromatic carbocycles. The van der Waals surface area contributed by atoms with Crippen LogP contribution in [0.1, 0.15) is 25.8 Å². The molecule has 2 nitrogen and oxygen atoms in total. The van der Waals surface area contributed by atoms with Crippen molar-refractivity contribution in [2.45, 2.75) is 32.9 Å². The van der Waals surface area contributed by atoms with Gasteiger partial charge in [0.05, 0.1) is 5.02 Å². The Balaban J connectivity index is 2.63. The van der Waals surface area contributed by atoms with Crippen LogP contribution in [0, 0.1) is 0 Å². The summed E-state index contributed by atoms with van der Waals surface area (Å²) in [7, 11) is 0. The predicted octanol–water partition coefficient (Wildman–Crippen LogP) is 2.93. The van der Waals surface area contributed by atoms with E-state index in [9.17, 15) is 5.11 Å². The first-order valence-corrected chi connectivity index (χ1v) is 5.22. The van der Waals surface area contributed by atoms with E-state index in [4.69, 9.17) is 11.6 Å². The van der Waals surface area contributed by atoms with E-state index in [1.165, 1.54) is 0 Å². The van der Waals surface area contributed by atoms with E-state index < -0.39 is 0 Å². The van der Waals surface area contributed by atoms with Crippen molar-refractivity contribution >= 4 is 11.6 Å². The van der Waals surface area contributed by atoms with Crippen molar-refractivity contribution < 1.29 is 5.11 Å². The Labute approximate surface area is 89.9 Å². The molecule has 0 aliphatic rings. The maximum Gasteiger partial charge on any atom is 0.138 e. The molecule has 0 bridgehead atoms. The molecule has 0 aromatic heterocycles. The number of rotatable bonds is 4. The summed E-state index contributed by atoms with van der Waals surface area (Å²) in [6, 6.07) is 5.85. The smallest absolute Gasteiger partial charge is 0.138 e. The lowest BCUT2D eigenvalue weighted by Crippen LogP contribution is -2.24. The molecule has 0 radical (unpaired) electrons. The summed E-state index contributed by atoms with van der Waals surface area (Å²) in [5, 5.41) is 13.3. The maximum absolute atomic E-state index is 9.61. The van der Waals surface area contributed by atoms with Gasteiger partial charge in [-0.05, 0) is 19.4 Å². The van der Waals surface area contributed by atoms with E-state index in [0.29, 0.717) is 17.6 Å². The summed E-state index contributed by atoms with van der Waals surface area (Å²) < 4.78 is 0. The number of halogens is 1. The maximum atomic E-state index is 9.61. The second kappa shape index (κ2) is 5.23. The highest BCUT2D eigenvalue weighted by Crippen LogP contribution is 2.26. The minimum absolute atomic E-state index is 0.185. The standard InChI is InChI=1S/C11H16ClNO/c1-3-8(2)13-7-9-5-4-6-10(12)11(9)14/h4-6,8,13-14H,3,7H2,1-2H3. The second-order valence-corrected chi connectivity index (χ2v) is 3.84. The van der Waals surface area contributed by atoms with Crippen LogP contribution >= 0.6 is 11.6 Å². The van der Waals surface area contributed by atoms with E-state index in [1.807, 2.05) is 12.1 Å². The highest BCUT2D eigenvalue weighted by atomic mass is 35.5. The van der Waals surface area contributed by atoms with Crippen LogP contribution in [0.2, 0.25) is 5.02 Å². The van der Waals surface area contributed by atoms with Crippen molar-refractivity contribution in [3.63, 3.8) is 0 Å². The molecule has 78 valence electrons. The lowest BCUT2D eigenvalue weighted by Gasteiger charge is -2.12. The Morgan fingerprint density at radius 1 is 1.50 bits per heavy atom. The lowest BCUT2D eigenvalue weighted by molar-refractivity contribution is 0.458. The molecule has 14 heavy (non-hydrogen) atoms. The summed E-state index contributed by atoms with van der Waals surface area (Å²) in [6.45, 7) is 4.89. The molecule has 3 heteroatoms. The van der Waals surface area contributed by atoms with Crippen molar-refractivity contribution in [2.24, 2.45) is 0 Å². The normalized spacial score (nSPS) is 12.8. The SMILES string of the molecule is CCC(C)NCc1cccc(Cl)c1O. The van der Waals surface area contributed by atoms with Crippen molar-refractivity contribution in [3.8, 4) is 5.75 Å². The number of hydrogen-bond acceptors (Lipinski definition) is 2. The molecular weight excluding hydrogens is 198 g/mol. The topological polar surface area (TPSA) is 32.3 Å². The lowest BCUT2D eigenvalue weighted by atomic mass is 10.2. The number of aromatic hydroxyl groups is 1. The van der Waals surface area contributed by atoms with Crippen LogP contribution < -0.4 is 5.32 Å². The molecule has 0 aliphatic heterocycles. The molecule has 1 unspecified atom stereocenters. The van der Waals surface area contributed by atoms with Gasteiger partial charge in [0, 0.05) is 18.2 Å². The van der Waals surface area contributed by atoms with Crippen molar-refractivity contribution in [1.29, 1.82) is 0 Å². The monoisotopic (exact) mass is 213 g/mol. The molecule has 0 fully saturated rings. The van der Waals surface area contributed by atoms with Gasteiger partial charge >= 0.3 is 0 Å². The molecule has 1 aromatic rings. The van der Waals surface area contributed by atoms with Gasteiger partial charge in [0.25, 0.3) is 0 Å². The highest BCUT2D eigenvalue weighted by Gasteiger charge is 2.05. The van der Waals surface area contributed by atoms with E-state index in [-0.39, 0.29) is 5.75 Å². The van der Waals surface area contributed by atoms with Gasteiger partial charge in [0.15, 0.2) is 0 Å². The van der Waals surface area contributed by atoms with E-state index in [2.05, 4.69) is 19.2 Å². The Kier molecular flexibility index (Phi) is 4.23. The summed E-state index contributed by atoms with van der Waals surface area (Å²) in [5.74, 6) is 0.185. The van der Waals surface area contributed by atoms with Gasteiger partial charge in [-0.25, -0.2) is 0 Å². The zero-order valence-corrected chi connectivity index (χ0v) is 9.30. The van der Waals surface area contributed by atoms with Gasteiger partial charge < -0.3 is 10.4 Å². The van der Waals surface area contributed by atoms with Gasteiger partial charge in [-0.1, -0.05) is 30.7 Å². The molecular formula is C11H16ClNO. The quantitative estimate of drug-likeness (QED) is 0.806. The third-order valence-corrected chi connectivity index (χ3v) is 2.63. The van der Waals surface area contributed by atoms with E-state index in [1.54, 1.807) is 6.07 Å². The first-order valence-electron chi connectivity index (χ1n) is 4.85. The van der Waals surface area contributed by atoms with Crippen LogP contribution in [-0.4, -0.2) is 11.1 Å². The third kappa shape index (κ3) is 2.89. The summed E-state index contributed by atoms with van der Waals surface area (Å²) in [6.07, 6.45) is 1.07. The number of benzene rings is 1. The van der Waals surface area contributed by atoms with Crippen LogP contribution in [0.3, 0.4) is 0 Å². The first kappa shape index (κ1) is 11.3. The average molecular weight is 214 g/mol. The molecule has 0 spiro atoms. The fraction of sp³-hybridized carbons (Fsp3) is 0.455. The Bertz CT molecular complexity index is 301. The second-order valence-electron chi connectivity index (χ2n) is 3.44. The zero-order valence-electron chi connectivity index (χ0n) is 8.55. The molecule has 0 heterocycles. The fourth-order valence-corrected chi connectivity index (χ4v) is 1.33. The van der Waals surface area contributed by atoms with Gasteiger partial charge in [0.1, 0.15) is 5.75 Å². The minimum Gasteiger partial charge on any atom is -0.506 e. The minimum atomic E-state index is 0.185. The van der Waals surface area contributed by atoms with Crippen molar-refractivity contribution in [1.82, 2.24) is 5.32 Å². The van der Waals surface area contributed by atoms with E-state index >= 15 is 0 Å². The Hall–Kier alpha value is -0.730. The van der Waals surface area contributed by atoms with Crippen molar-refractivity contribution in [3.05, 3.63) is 28.8 Å². The number of phenols is 1. The van der Waals surface area contributed by atoms with Crippen molar-refractivity contribution in [2.75, 3.05) is 0 Å². The number of hydrogen-bond donors (Lipinski definition) is 2. The summed E-state index contributed by atoms with van der Waals surface area (Å²) >= 11 is 5.79. The van der Waals surface area contributed by atoms with Crippen LogP contribution in [0.15, 0.2) is 18.2 Å². The largest absolute Gasteiger partial charge is 0.506 e. The Morgan fingerprint density at radius 2 is 2.21 bits per heavy atom. The van der Waals surface area contributed by atoms with Crippen LogP contribution in [0.4, 0.5) is 0 Å². The average Bonchev–Trinajstić information content (AvgIpc) is 2.20. The third-order valence-electron chi connectivity index (χ3n) is 2.32. The van der Waals surface area contributed by atoms with Crippen LogP contribution in [0.5, 0.6) is 5.75 Å². The number of para-hydroxylation sites is 1. The van der Waals surface area contributed by atoms with Crippen LogP contribution in [-0.2, 0) is 6.54 Å². The summed E-state index contributed by atoms with van der Waals surface area (Å²) in [4.78, 5) is 0. The number of nitrogens with one attached hydrogen (secondary N) is 1. The molecule has 0 amide bonds. The molecule has 0 aliphatic carbocycles.